The third kappa shape index (κ3) is 1.85. The third-order valence-corrected chi connectivity index (χ3v) is 1.82. The van der Waals surface area contributed by atoms with Gasteiger partial charge in [0.25, 0.3) is 0 Å². The van der Waals surface area contributed by atoms with Crippen LogP contribution in [0, 0.1) is 0 Å². The first-order chi connectivity index (χ1) is 4.86. The van der Waals surface area contributed by atoms with Crippen molar-refractivity contribution in [3.05, 3.63) is 29.0 Å². The first-order valence-electron chi connectivity index (χ1n) is 2.96. The Morgan fingerprint density at radius 2 is 2.09 bits per heavy atom. The summed E-state index contributed by atoms with van der Waals surface area (Å²) in [6.45, 7) is 0. The molecule has 0 unspecified atom stereocenters. The summed E-state index contributed by atoms with van der Waals surface area (Å²) in [5.41, 5.74) is 0.925. The summed E-state index contributed by atoms with van der Waals surface area (Å²) in [7, 11) is 0. The number of rotatable bonds is 0. The second kappa shape index (κ2) is 3.72. The summed E-state index contributed by atoms with van der Waals surface area (Å²) in [5.74, 6) is 0. The average molecular weight is 221 g/mol. The van der Waals surface area contributed by atoms with Crippen LogP contribution in [0.15, 0.2) is 29.0 Å². The fourth-order valence-electron chi connectivity index (χ4n) is 0.907. The molecule has 52 valence electrons. The van der Waals surface area contributed by atoms with E-state index in [9.17, 15) is 0 Å². The predicted octanol–water partition coefficient (Wildman–Crippen LogP) is 1.68. The molecule has 2 rings (SSSR count). The van der Waals surface area contributed by atoms with E-state index >= 15 is 0 Å². The number of halogens is 1. The van der Waals surface area contributed by atoms with Crippen molar-refractivity contribution in [3.8, 4) is 0 Å². The number of nitrogens with one attached hydrogen (secondary N) is 1. The normalized spacial score (nSPS) is 9.55. The van der Waals surface area contributed by atoms with Gasteiger partial charge in [0.15, 0.2) is 0 Å². The van der Waals surface area contributed by atoms with Crippen molar-refractivity contribution < 1.29 is 0 Å². The summed E-state index contributed by atoms with van der Waals surface area (Å²) in [6, 6.07) is 5.94. The second-order valence-electron chi connectivity index (χ2n) is 2.05. The number of fused-ring (bicyclic) bond motifs is 1. The molecule has 0 saturated heterocycles. The SMILES string of the molecule is Brc1ccc2cc[nH]c2n1.[NaH]. The molecule has 0 spiro atoms. The third-order valence-electron chi connectivity index (χ3n) is 1.38. The molecule has 1 N–H and O–H groups in total. The monoisotopic (exact) mass is 220 g/mol. The summed E-state index contributed by atoms with van der Waals surface area (Å²) in [5, 5.41) is 1.14. The summed E-state index contributed by atoms with van der Waals surface area (Å²) >= 11 is 3.29. The molecule has 0 radical (unpaired) electrons. The van der Waals surface area contributed by atoms with Gasteiger partial charge in [-0.05, 0) is 34.1 Å². The van der Waals surface area contributed by atoms with Gasteiger partial charge in [-0.1, -0.05) is 0 Å². The predicted molar refractivity (Wildman–Crippen MR) is 50.9 cm³/mol. The zero-order valence-corrected chi connectivity index (χ0v) is 6.72. The van der Waals surface area contributed by atoms with E-state index in [0.29, 0.717) is 0 Å². The number of aromatic amines is 1. The molecule has 0 saturated carbocycles. The van der Waals surface area contributed by atoms with E-state index in [2.05, 4.69) is 25.9 Å². The van der Waals surface area contributed by atoms with Crippen LogP contribution in [-0.2, 0) is 0 Å². The van der Waals surface area contributed by atoms with Gasteiger partial charge in [-0.2, -0.15) is 0 Å². The molecule has 2 aromatic heterocycles. The van der Waals surface area contributed by atoms with Gasteiger partial charge in [0.2, 0.25) is 0 Å². The Morgan fingerprint density at radius 3 is 2.91 bits per heavy atom. The Hall–Kier alpha value is 0.170. The van der Waals surface area contributed by atoms with Crippen LogP contribution in [0.25, 0.3) is 11.0 Å². The standard InChI is InChI=1S/C7H5BrN2.Na.H/c8-6-2-1-5-3-4-9-7(5)10-6;;/h1-4H,(H,9,10);;. The number of hydrogen-bond acceptors (Lipinski definition) is 1. The molecule has 11 heavy (non-hydrogen) atoms. The van der Waals surface area contributed by atoms with Crippen LogP contribution in [0.5, 0.6) is 0 Å². The van der Waals surface area contributed by atoms with E-state index in [-0.39, 0.29) is 29.6 Å². The fourth-order valence-corrected chi connectivity index (χ4v) is 1.22. The fraction of sp³-hybridized carbons (Fsp3) is 0. The molecule has 4 heteroatoms. The van der Waals surface area contributed by atoms with Gasteiger partial charge >= 0.3 is 29.6 Å². The van der Waals surface area contributed by atoms with Gasteiger partial charge in [-0.15, -0.1) is 0 Å². The molecular formula is C7H6BrN2Na. The molecule has 0 atom stereocenters. The first kappa shape index (κ1) is 9.26. The molecular weight excluding hydrogens is 215 g/mol. The molecule has 2 nitrogen and oxygen atoms in total. The minimum atomic E-state index is 0. The van der Waals surface area contributed by atoms with Crippen molar-refractivity contribution in [2.24, 2.45) is 0 Å². The van der Waals surface area contributed by atoms with E-state index in [1.807, 2.05) is 24.4 Å². The van der Waals surface area contributed by atoms with E-state index in [4.69, 9.17) is 0 Å². The van der Waals surface area contributed by atoms with Crippen molar-refractivity contribution in [2.75, 3.05) is 0 Å². The number of H-pyrrole nitrogens is 1. The molecule has 0 amide bonds. The van der Waals surface area contributed by atoms with Crippen LogP contribution >= 0.6 is 15.9 Å². The van der Waals surface area contributed by atoms with Gasteiger partial charge in [0.1, 0.15) is 10.3 Å². The Labute approximate surface area is 94.8 Å². The molecule has 2 heterocycles. The van der Waals surface area contributed by atoms with Gasteiger partial charge in [0.05, 0.1) is 0 Å². The molecule has 0 aromatic carbocycles. The molecule has 0 aliphatic heterocycles. The second-order valence-corrected chi connectivity index (χ2v) is 2.86. The maximum absolute atomic E-state index is 4.20. The Morgan fingerprint density at radius 1 is 1.27 bits per heavy atom. The van der Waals surface area contributed by atoms with Crippen LogP contribution in [-0.4, -0.2) is 39.5 Å². The Kier molecular flexibility index (Phi) is 3.13. The van der Waals surface area contributed by atoms with Gasteiger partial charge in [0, 0.05) is 11.6 Å². The summed E-state index contributed by atoms with van der Waals surface area (Å²) in [4.78, 5) is 7.22. The number of pyridine rings is 1. The van der Waals surface area contributed by atoms with E-state index in [1.165, 1.54) is 0 Å². The quantitative estimate of drug-likeness (QED) is 0.532. The van der Waals surface area contributed by atoms with Gasteiger partial charge in [-0.3, -0.25) is 0 Å². The van der Waals surface area contributed by atoms with Crippen LogP contribution < -0.4 is 0 Å². The first-order valence-corrected chi connectivity index (χ1v) is 3.75. The van der Waals surface area contributed by atoms with Crippen LogP contribution in [0.2, 0.25) is 0 Å². The number of hydrogen-bond donors (Lipinski definition) is 1. The summed E-state index contributed by atoms with van der Waals surface area (Å²) < 4.78 is 0.863. The van der Waals surface area contributed by atoms with Crippen molar-refractivity contribution >= 4 is 56.5 Å². The Bertz CT molecular complexity index is 358. The Balaban J connectivity index is 0.000000605. The van der Waals surface area contributed by atoms with Crippen molar-refractivity contribution in [1.29, 1.82) is 0 Å². The minimum absolute atomic E-state index is 0. The molecule has 0 fully saturated rings. The molecule has 2 aromatic rings. The van der Waals surface area contributed by atoms with E-state index < -0.39 is 0 Å². The number of aromatic nitrogens is 2. The van der Waals surface area contributed by atoms with E-state index in [1.54, 1.807) is 0 Å². The molecule has 0 bridgehead atoms. The van der Waals surface area contributed by atoms with E-state index in [0.717, 1.165) is 15.6 Å². The zero-order chi connectivity index (χ0) is 6.97. The van der Waals surface area contributed by atoms with Gasteiger partial charge < -0.3 is 4.98 Å². The maximum atomic E-state index is 4.20. The summed E-state index contributed by atoms with van der Waals surface area (Å²) in [6.07, 6.45) is 1.88. The van der Waals surface area contributed by atoms with Crippen LogP contribution in [0.3, 0.4) is 0 Å². The average Bonchev–Trinajstić information content (AvgIpc) is 2.33. The van der Waals surface area contributed by atoms with Crippen molar-refractivity contribution in [3.63, 3.8) is 0 Å². The zero-order valence-electron chi connectivity index (χ0n) is 5.13. The molecule has 0 aliphatic rings. The van der Waals surface area contributed by atoms with Crippen LogP contribution in [0.1, 0.15) is 0 Å². The van der Waals surface area contributed by atoms with Crippen molar-refractivity contribution in [2.45, 2.75) is 0 Å². The van der Waals surface area contributed by atoms with Crippen LogP contribution in [0.4, 0.5) is 0 Å². The van der Waals surface area contributed by atoms with Crippen molar-refractivity contribution in [1.82, 2.24) is 9.97 Å². The number of nitrogens with zero attached hydrogens (tertiary/aromatic N) is 1. The molecule has 0 aliphatic carbocycles. The van der Waals surface area contributed by atoms with Gasteiger partial charge in [-0.25, -0.2) is 4.98 Å². The topological polar surface area (TPSA) is 28.7 Å².